The highest BCUT2D eigenvalue weighted by Gasteiger charge is 2.11. The average Bonchev–Trinajstić information content (AvgIpc) is 2.63. The highest BCUT2D eigenvalue weighted by atomic mass is 35.5. The number of hydrogen-bond donors (Lipinski definition) is 1. The zero-order chi connectivity index (χ0) is 18.2. The Hall–Kier alpha value is -2.04. The zero-order valence-corrected chi connectivity index (χ0v) is 15.6. The molecule has 2 aromatic rings. The third-order valence-corrected chi connectivity index (χ3v) is 4.63. The smallest absolute Gasteiger partial charge is 0.277 e. The number of para-hydroxylation sites is 1. The van der Waals surface area contributed by atoms with Crippen LogP contribution in [0.2, 0.25) is 10.0 Å². The maximum atomic E-state index is 11.9. The molecule has 0 fully saturated rings. The van der Waals surface area contributed by atoms with E-state index in [0.29, 0.717) is 27.3 Å². The molecule has 0 aliphatic rings. The van der Waals surface area contributed by atoms with Gasteiger partial charge in [0.05, 0.1) is 16.3 Å². The van der Waals surface area contributed by atoms with E-state index in [1.807, 2.05) is 24.3 Å². The van der Waals surface area contributed by atoms with Gasteiger partial charge in [-0.25, -0.2) is 5.43 Å². The molecule has 0 heterocycles. The fourth-order valence-electron chi connectivity index (χ4n) is 2.21. The fraction of sp³-hybridized carbons (Fsp3) is 0.263. The van der Waals surface area contributed by atoms with Crippen LogP contribution >= 0.6 is 23.2 Å². The van der Waals surface area contributed by atoms with Crippen molar-refractivity contribution < 1.29 is 9.53 Å². The molecule has 0 saturated carbocycles. The molecule has 6 heteroatoms. The highest BCUT2D eigenvalue weighted by molar-refractivity contribution is 6.43. The molecule has 1 N–H and O–H groups in total. The van der Waals surface area contributed by atoms with Crippen molar-refractivity contribution in [2.45, 2.75) is 26.2 Å². The molecule has 0 aromatic heterocycles. The van der Waals surface area contributed by atoms with E-state index in [2.05, 4.69) is 24.4 Å². The molecule has 0 radical (unpaired) electrons. The van der Waals surface area contributed by atoms with Crippen LogP contribution < -0.4 is 10.2 Å². The lowest BCUT2D eigenvalue weighted by atomic mass is 9.98. The minimum atomic E-state index is -0.353. The van der Waals surface area contributed by atoms with E-state index in [-0.39, 0.29) is 12.5 Å². The molecular weight excluding hydrogens is 359 g/mol. The lowest BCUT2D eigenvalue weighted by Crippen LogP contribution is -2.25. The van der Waals surface area contributed by atoms with Crippen molar-refractivity contribution in [3.63, 3.8) is 0 Å². The quantitative estimate of drug-likeness (QED) is 0.542. The molecule has 132 valence electrons. The van der Waals surface area contributed by atoms with Crippen LogP contribution in [0.15, 0.2) is 47.6 Å². The SMILES string of the molecule is CCC(C)c1ccccc1OCC(=O)NN=Cc1cccc(Cl)c1Cl. The first-order valence-corrected chi connectivity index (χ1v) is 8.76. The lowest BCUT2D eigenvalue weighted by molar-refractivity contribution is -0.123. The Kier molecular flexibility index (Phi) is 7.29. The van der Waals surface area contributed by atoms with Crippen molar-refractivity contribution in [3.05, 3.63) is 63.6 Å². The van der Waals surface area contributed by atoms with E-state index in [9.17, 15) is 4.79 Å². The Morgan fingerprint density at radius 2 is 2.00 bits per heavy atom. The van der Waals surface area contributed by atoms with Crippen LogP contribution in [-0.2, 0) is 4.79 Å². The summed E-state index contributed by atoms with van der Waals surface area (Å²) in [4.78, 5) is 11.9. The predicted octanol–water partition coefficient (Wildman–Crippen LogP) is 5.04. The van der Waals surface area contributed by atoms with E-state index in [1.165, 1.54) is 6.21 Å². The van der Waals surface area contributed by atoms with Gasteiger partial charge in [-0.1, -0.05) is 67.4 Å². The number of nitrogens with one attached hydrogen (secondary N) is 1. The maximum Gasteiger partial charge on any atom is 0.277 e. The molecule has 1 unspecified atom stereocenters. The molecule has 0 saturated heterocycles. The van der Waals surface area contributed by atoms with Gasteiger partial charge in [-0.05, 0) is 30.0 Å². The number of hydrazone groups is 1. The summed E-state index contributed by atoms with van der Waals surface area (Å²) in [7, 11) is 0. The lowest BCUT2D eigenvalue weighted by Gasteiger charge is -2.15. The third-order valence-electron chi connectivity index (χ3n) is 3.80. The van der Waals surface area contributed by atoms with Crippen molar-refractivity contribution in [1.29, 1.82) is 0 Å². The Balaban J connectivity index is 1.91. The van der Waals surface area contributed by atoms with Crippen molar-refractivity contribution in [3.8, 4) is 5.75 Å². The van der Waals surface area contributed by atoms with Gasteiger partial charge in [-0.2, -0.15) is 5.10 Å². The molecule has 2 rings (SSSR count). The van der Waals surface area contributed by atoms with Crippen molar-refractivity contribution in [1.82, 2.24) is 5.43 Å². The number of amides is 1. The summed E-state index contributed by atoms with van der Waals surface area (Å²) >= 11 is 12.0. The monoisotopic (exact) mass is 378 g/mol. The Morgan fingerprint density at radius 3 is 2.76 bits per heavy atom. The predicted molar refractivity (Wildman–Crippen MR) is 103 cm³/mol. The van der Waals surface area contributed by atoms with Gasteiger partial charge >= 0.3 is 0 Å². The summed E-state index contributed by atoms with van der Waals surface area (Å²) in [5.41, 5.74) is 4.13. The summed E-state index contributed by atoms with van der Waals surface area (Å²) in [6.45, 7) is 4.12. The number of carbonyl (C=O) groups is 1. The molecule has 0 bridgehead atoms. The summed E-state index contributed by atoms with van der Waals surface area (Å²) in [6, 6.07) is 12.9. The van der Waals surface area contributed by atoms with Crippen LogP contribution in [0.25, 0.3) is 0 Å². The van der Waals surface area contributed by atoms with Gasteiger partial charge in [-0.3, -0.25) is 4.79 Å². The first-order chi connectivity index (χ1) is 12.0. The third kappa shape index (κ3) is 5.48. The number of halogens is 2. The number of carbonyl (C=O) groups excluding carboxylic acids is 1. The van der Waals surface area contributed by atoms with E-state index < -0.39 is 0 Å². The Morgan fingerprint density at radius 1 is 1.24 bits per heavy atom. The van der Waals surface area contributed by atoms with Gasteiger partial charge in [0.15, 0.2) is 6.61 Å². The minimum Gasteiger partial charge on any atom is -0.483 e. The standard InChI is InChI=1S/C19H20Cl2N2O2/c1-3-13(2)15-8-4-5-10-17(15)25-12-18(24)23-22-11-14-7-6-9-16(20)19(14)21/h4-11,13H,3,12H2,1-2H3,(H,23,24). The number of nitrogens with zero attached hydrogens (tertiary/aromatic N) is 1. The Bertz CT molecular complexity index is 763. The molecule has 2 aromatic carbocycles. The van der Waals surface area contributed by atoms with Crippen LogP contribution in [0.4, 0.5) is 0 Å². The van der Waals surface area contributed by atoms with Gasteiger partial charge < -0.3 is 4.74 Å². The molecule has 1 amide bonds. The van der Waals surface area contributed by atoms with E-state index >= 15 is 0 Å². The van der Waals surface area contributed by atoms with Crippen LogP contribution in [0.1, 0.15) is 37.3 Å². The van der Waals surface area contributed by atoms with Crippen LogP contribution in [-0.4, -0.2) is 18.7 Å². The number of rotatable bonds is 7. The van der Waals surface area contributed by atoms with Gasteiger partial charge in [0, 0.05) is 5.56 Å². The first kappa shape index (κ1) is 19.3. The zero-order valence-electron chi connectivity index (χ0n) is 14.1. The molecular formula is C19H20Cl2N2O2. The van der Waals surface area contributed by atoms with Crippen LogP contribution in [0, 0.1) is 0 Å². The molecule has 0 aliphatic carbocycles. The molecule has 1 atom stereocenters. The number of ether oxygens (including phenoxy) is 1. The Labute approximate surface area is 157 Å². The van der Waals surface area contributed by atoms with E-state index in [1.54, 1.807) is 18.2 Å². The number of hydrogen-bond acceptors (Lipinski definition) is 3. The second kappa shape index (κ2) is 9.44. The minimum absolute atomic E-state index is 0.117. The van der Waals surface area contributed by atoms with E-state index in [4.69, 9.17) is 27.9 Å². The number of benzene rings is 2. The average molecular weight is 379 g/mol. The molecule has 25 heavy (non-hydrogen) atoms. The van der Waals surface area contributed by atoms with Gasteiger partial charge in [0.25, 0.3) is 5.91 Å². The second-order valence-corrected chi connectivity index (χ2v) is 6.36. The van der Waals surface area contributed by atoms with Gasteiger partial charge in [0.2, 0.25) is 0 Å². The van der Waals surface area contributed by atoms with Crippen LogP contribution in [0.3, 0.4) is 0 Å². The highest BCUT2D eigenvalue weighted by Crippen LogP contribution is 2.28. The molecule has 0 spiro atoms. The van der Waals surface area contributed by atoms with Gasteiger partial charge in [0.1, 0.15) is 5.75 Å². The van der Waals surface area contributed by atoms with Gasteiger partial charge in [-0.15, -0.1) is 0 Å². The summed E-state index contributed by atoms with van der Waals surface area (Å²) in [5, 5.41) is 4.70. The topological polar surface area (TPSA) is 50.7 Å². The summed E-state index contributed by atoms with van der Waals surface area (Å²) < 4.78 is 5.63. The fourth-order valence-corrected chi connectivity index (χ4v) is 2.57. The molecule has 4 nitrogen and oxygen atoms in total. The largest absolute Gasteiger partial charge is 0.483 e. The molecule has 0 aliphatic heterocycles. The normalized spacial score (nSPS) is 12.2. The summed E-state index contributed by atoms with van der Waals surface area (Å²) in [6.07, 6.45) is 2.44. The van der Waals surface area contributed by atoms with Crippen molar-refractivity contribution in [2.24, 2.45) is 5.10 Å². The van der Waals surface area contributed by atoms with Crippen molar-refractivity contribution >= 4 is 35.3 Å². The van der Waals surface area contributed by atoms with E-state index in [0.717, 1.165) is 12.0 Å². The van der Waals surface area contributed by atoms with Crippen molar-refractivity contribution in [2.75, 3.05) is 6.61 Å². The summed E-state index contributed by atoms with van der Waals surface area (Å²) in [5.74, 6) is 0.726. The second-order valence-electron chi connectivity index (χ2n) is 5.57. The van der Waals surface area contributed by atoms with Crippen LogP contribution in [0.5, 0.6) is 5.75 Å². The maximum absolute atomic E-state index is 11.9. The first-order valence-electron chi connectivity index (χ1n) is 8.00.